The Balaban J connectivity index is 1.93. The van der Waals surface area contributed by atoms with Crippen molar-refractivity contribution in [1.82, 2.24) is 4.98 Å². The van der Waals surface area contributed by atoms with Gasteiger partial charge in [0.1, 0.15) is 17.3 Å². The second-order valence-electron chi connectivity index (χ2n) is 7.55. The highest BCUT2D eigenvalue weighted by atomic mass is 19.4. The fourth-order valence-electron chi connectivity index (χ4n) is 3.14. The maximum atomic E-state index is 14.3. The number of aromatic nitrogens is 1. The summed E-state index contributed by atoms with van der Waals surface area (Å²) >= 11 is 0. The van der Waals surface area contributed by atoms with Crippen LogP contribution in [0.15, 0.2) is 60.8 Å². The highest BCUT2D eigenvalue weighted by Gasteiger charge is 2.39. The molecule has 1 aromatic heterocycles. The fraction of sp³-hybridized carbons (Fsp3) is 0.261. The maximum absolute atomic E-state index is 14.3. The predicted octanol–water partition coefficient (Wildman–Crippen LogP) is 6.56. The van der Waals surface area contributed by atoms with Gasteiger partial charge in [-0.3, -0.25) is 0 Å². The lowest BCUT2D eigenvalue weighted by molar-refractivity contribution is -0.200. The van der Waals surface area contributed by atoms with E-state index in [0.717, 1.165) is 17.2 Å². The standard InChI is InChI=1S/C23H17F9N2O3/c24-18-5-4-14(22(27,28)29)8-13(18)11-34(12-19(35)23(30,31)32)15-2-1-3-16(9-15)36-17-6-7-33-20(10-17)37-21(25)26/h1-10,19,21,35H,11-12H2/t19-/m1/s1. The highest BCUT2D eigenvalue weighted by Crippen LogP contribution is 2.33. The van der Waals surface area contributed by atoms with Gasteiger partial charge in [0.2, 0.25) is 5.88 Å². The molecule has 2 aromatic carbocycles. The molecular weight excluding hydrogens is 523 g/mol. The zero-order chi connectivity index (χ0) is 27.4. The first kappa shape index (κ1) is 27.9. The van der Waals surface area contributed by atoms with Gasteiger partial charge < -0.3 is 19.5 Å². The van der Waals surface area contributed by atoms with Gasteiger partial charge in [0, 0.05) is 36.1 Å². The van der Waals surface area contributed by atoms with Crippen LogP contribution in [0.25, 0.3) is 0 Å². The Labute approximate surface area is 203 Å². The smallest absolute Gasteiger partial charge is 0.416 e. The summed E-state index contributed by atoms with van der Waals surface area (Å²) in [6.07, 6.45) is -11.7. The van der Waals surface area contributed by atoms with Crippen LogP contribution < -0.4 is 14.4 Å². The van der Waals surface area contributed by atoms with E-state index in [1.807, 2.05) is 0 Å². The lowest BCUT2D eigenvalue weighted by Gasteiger charge is -2.29. The minimum Gasteiger partial charge on any atom is -0.457 e. The molecule has 1 N–H and O–H groups in total. The molecule has 0 unspecified atom stereocenters. The number of aliphatic hydroxyl groups excluding tert-OH is 1. The molecule has 200 valence electrons. The van der Waals surface area contributed by atoms with E-state index in [1.165, 1.54) is 30.3 Å². The highest BCUT2D eigenvalue weighted by molar-refractivity contribution is 5.52. The number of halogens is 9. The van der Waals surface area contributed by atoms with Crippen LogP contribution in [0, 0.1) is 5.82 Å². The van der Waals surface area contributed by atoms with E-state index in [1.54, 1.807) is 0 Å². The van der Waals surface area contributed by atoms with Crippen molar-refractivity contribution in [2.24, 2.45) is 0 Å². The van der Waals surface area contributed by atoms with Gasteiger partial charge in [0.05, 0.1) is 12.1 Å². The van der Waals surface area contributed by atoms with Gasteiger partial charge in [0.15, 0.2) is 6.10 Å². The van der Waals surface area contributed by atoms with Crippen molar-refractivity contribution >= 4 is 5.69 Å². The van der Waals surface area contributed by atoms with Crippen molar-refractivity contribution < 1.29 is 54.1 Å². The largest absolute Gasteiger partial charge is 0.457 e. The molecule has 3 rings (SSSR count). The number of hydrogen-bond acceptors (Lipinski definition) is 5. The van der Waals surface area contributed by atoms with Crippen LogP contribution in [0.1, 0.15) is 11.1 Å². The Morgan fingerprint density at radius 1 is 0.919 bits per heavy atom. The van der Waals surface area contributed by atoms with Crippen molar-refractivity contribution in [3.8, 4) is 17.4 Å². The number of nitrogens with zero attached hydrogens (tertiary/aromatic N) is 2. The lowest BCUT2D eigenvalue weighted by Crippen LogP contribution is -2.41. The molecule has 0 aliphatic rings. The Hall–Kier alpha value is -3.68. The van der Waals surface area contributed by atoms with Crippen LogP contribution in [-0.2, 0) is 12.7 Å². The van der Waals surface area contributed by atoms with Crippen molar-refractivity contribution in [3.05, 3.63) is 77.7 Å². The van der Waals surface area contributed by atoms with Gasteiger partial charge in [0.25, 0.3) is 0 Å². The van der Waals surface area contributed by atoms with Crippen molar-refractivity contribution in [3.63, 3.8) is 0 Å². The number of aliphatic hydroxyl groups is 1. The molecule has 1 heterocycles. The Morgan fingerprint density at radius 2 is 1.62 bits per heavy atom. The maximum Gasteiger partial charge on any atom is 0.416 e. The first-order valence-electron chi connectivity index (χ1n) is 10.3. The number of benzene rings is 2. The van der Waals surface area contributed by atoms with Crippen LogP contribution in [-0.4, -0.2) is 35.5 Å². The zero-order valence-corrected chi connectivity index (χ0v) is 18.4. The molecule has 0 saturated carbocycles. The summed E-state index contributed by atoms with van der Waals surface area (Å²) in [7, 11) is 0. The SMILES string of the molecule is O[C@H](CN(Cc1cc(C(F)(F)F)ccc1F)c1cccc(Oc2ccnc(OC(F)F)c2)c1)C(F)(F)F. The molecule has 0 fully saturated rings. The van der Waals surface area contributed by atoms with Crippen LogP contribution in [0.4, 0.5) is 45.2 Å². The molecule has 0 bridgehead atoms. The van der Waals surface area contributed by atoms with E-state index in [2.05, 4.69) is 9.72 Å². The Kier molecular flexibility index (Phi) is 8.41. The molecule has 0 amide bonds. The third-order valence-electron chi connectivity index (χ3n) is 4.84. The molecule has 0 aliphatic heterocycles. The summed E-state index contributed by atoms with van der Waals surface area (Å²) < 4.78 is 127. The van der Waals surface area contributed by atoms with Gasteiger partial charge in [-0.15, -0.1) is 0 Å². The molecule has 5 nitrogen and oxygen atoms in total. The second-order valence-corrected chi connectivity index (χ2v) is 7.55. The quantitative estimate of drug-likeness (QED) is 0.312. The normalized spacial score (nSPS) is 12.9. The second kappa shape index (κ2) is 11.2. The number of hydrogen-bond donors (Lipinski definition) is 1. The first-order chi connectivity index (χ1) is 17.2. The average molecular weight is 540 g/mol. The summed E-state index contributed by atoms with van der Waals surface area (Å²) in [5, 5.41) is 9.60. The van der Waals surface area contributed by atoms with E-state index in [4.69, 9.17) is 4.74 Å². The van der Waals surface area contributed by atoms with E-state index in [-0.39, 0.29) is 17.2 Å². The minimum atomic E-state index is -5.07. The third kappa shape index (κ3) is 7.90. The molecule has 0 radical (unpaired) electrons. The third-order valence-corrected chi connectivity index (χ3v) is 4.84. The van der Waals surface area contributed by atoms with E-state index < -0.39 is 61.0 Å². The monoisotopic (exact) mass is 540 g/mol. The van der Waals surface area contributed by atoms with Gasteiger partial charge in [-0.2, -0.15) is 35.1 Å². The van der Waals surface area contributed by atoms with E-state index >= 15 is 0 Å². The molecular formula is C23H17F9N2O3. The van der Waals surface area contributed by atoms with Crippen LogP contribution in [0.2, 0.25) is 0 Å². The molecule has 3 aromatic rings. The Bertz CT molecular complexity index is 1200. The predicted molar refractivity (Wildman–Crippen MR) is 112 cm³/mol. The molecule has 0 aliphatic carbocycles. The van der Waals surface area contributed by atoms with E-state index in [0.29, 0.717) is 18.2 Å². The molecule has 0 spiro atoms. The van der Waals surface area contributed by atoms with E-state index in [9.17, 15) is 44.6 Å². The minimum absolute atomic E-state index is 0.0253. The molecule has 14 heteroatoms. The summed E-state index contributed by atoms with van der Waals surface area (Å²) in [6.45, 7) is -5.07. The van der Waals surface area contributed by atoms with Gasteiger partial charge >= 0.3 is 19.0 Å². The van der Waals surface area contributed by atoms with Crippen molar-refractivity contribution in [2.75, 3.05) is 11.4 Å². The number of anilines is 1. The molecule has 0 saturated heterocycles. The number of rotatable bonds is 9. The molecule has 1 atom stereocenters. The summed E-state index contributed by atoms with van der Waals surface area (Å²) in [5.41, 5.74) is -1.86. The lowest BCUT2D eigenvalue weighted by atomic mass is 10.1. The fourth-order valence-corrected chi connectivity index (χ4v) is 3.14. The summed E-state index contributed by atoms with van der Waals surface area (Å²) in [6, 6.07) is 8.88. The number of ether oxygens (including phenoxy) is 2. The van der Waals surface area contributed by atoms with Crippen molar-refractivity contribution in [1.29, 1.82) is 0 Å². The average Bonchev–Trinajstić information content (AvgIpc) is 2.78. The summed E-state index contributed by atoms with van der Waals surface area (Å²) in [4.78, 5) is 4.38. The Morgan fingerprint density at radius 3 is 2.27 bits per heavy atom. The van der Waals surface area contributed by atoms with Gasteiger partial charge in [-0.05, 0) is 36.4 Å². The van der Waals surface area contributed by atoms with Crippen molar-refractivity contribution in [2.45, 2.75) is 31.6 Å². The van der Waals surface area contributed by atoms with Crippen LogP contribution >= 0.6 is 0 Å². The number of pyridine rings is 1. The summed E-state index contributed by atoms with van der Waals surface area (Å²) in [5.74, 6) is -1.63. The topological polar surface area (TPSA) is 54.8 Å². The van der Waals surface area contributed by atoms with Crippen LogP contribution in [0.5, 0.6) is 17.4 Å². The van der Waals surface area contributed by atoms with Gasteiger partial charge in [-0.25, -0.2) is 9.37 Å². The van der Waals surface area contributed by atoms with Crippen LogP contribution in [0.3, 0.4) is 0 Å². The van der Waals surface area contributed by atoms with Gasteiger partial charge in [-0.1, -0.05) is 6.07 Å². The first-order valence-corrected chi connectivity index (χ1v) is 10.3. The molecule has 37 heavy (non-hydrogen) atoms. The zero-order valence-electron chi connectivity index (χ0n) is 18.4. The number of alkyl halides is 8.